The summed E-state index contributed by atoms with van der Waals surface area (Å²) in [6.45, 7) is 5.11. The van der Waals surface area contributed by atoms with Crippen molar-refractivity contribution in [1.82, 2.24) is 0 Å². The van der Waals surface area contributed by atoms with E-state index >= 15 is 0 Å². The highest BCUT2D eigenvalue weighted by Crippen LogP contribution is 2.21. The van der Waals surface area contributed by atoms with E-state index in [0.717, 1.165) is 0 Å². The van der Waals surface area contributed by atoms with Gasteiger partial charge in [-0.1, -0.05) is 30.3 Å². The summed E-state index contributed by atoms with van der Waals surface area (Å²) in [4.78, 5) is 24.1. The maximum absolute atomic E-state index is 13.9. The molecule has 27 heavy (non-hydrogen) atoms. The molecule has 0 bridgehead atoms. The summed E-state index contributed by atoms with van der Waals surface area (Å²) in [7, 11) is 0. The van der Waals surface area contributed by atoms with Crippen LogP contribution in [0.5, 0.6) is 0 Å². The average molecular weight is 438 g/mol. The second-order valence-electron chi connectivity index (χ2n) is 6.83. The van der Waals surface area contributed by atoms with Crippen molar-refractivity contribution in [2.24, 2.45) is 0 Å². The molecule has 0 fully saturated rings. The van der Waals surface area contributed by atoms with Crippen LogP contribution in [0, 0.1) is 5.82 Å². The van der Waals surface area contributed by atoms with E-state index in [-0.39, 0.29) is 18.6 Å². The third kappa shape index (κ3) is 6.67. The molecule has 0 saturated heterocycles. The largest absolute Gasteiger partial charge is 0.460 e. The second kappa shape index (κ2) is 8.99. The Bertz CT molecular complexity index is 833. The molecule has 0 aliphatic rings. The van der Waals surface area contributed by atoms with E-state index in [1.165, 1.54) is 0 Å². The molecule has 0 atom stereocenters. The van der Waals surface area contributed by atoms with Crippen molar-refractivity contribution in [2.75, 3.05) is 5.32 Å². The van der Waals surface area contributed by atoms with E-state index in [9.17, 15) is 14.0 Å². The Kier molecular flexibility index (Phi) is 6.96. The minimum absolute atomic E-state index is 0.0679. The fourth-order valence-corrected chi connectivity index (χ4v) is 2.64. The quantitative estimate of drug-likeness (QED) is 0.651. The molecule has 0 heterocycles. The zero-order valence-corrected chi connectivity index (χ0v) is 16.9. The maximum Gasteiger partial charge on any atom is 0.412 e. The van der Waals surface area contributed by atoms with Gasteiger partial charge in [-0.15, -0.1) is 0 Å². The molecule has 0 saturated carbocycles. The summed E-state index contributed by atoms with van der Waals surface area (Å²) < 4.78 is 24.6. The summed E-state index contributed by atoms with van der Waals surface area (Å²) in [6, 6.07) is 11.6. The number of anilines is 1. The first-order chi connectivity index (χ1) is 12.7. The van der Waals surface area contributed by atoms with Gasteiger partial charge < -0.3 is 9.47 Å². The van der Waals surface area contributed by atoms with Crippen molar-refractivity contribution in [3.8, 4) is 0 Å². The van der Waals surface area contributed by atoms with Crippen molar-refractivity contribution < 1.29 is 23.5 Å². The van der Waals surface area contributed by atoms with E-state index in [0.29, 0.717) is 15.7 Å². The van der Waals surface area contributed by atoms with Gasteiger partial charge in [-0.25, -0.2) is 9.18 Å². The molecule has 1 amide bonds. The van der Waals surface area contributed by atoms with Gasteiger partial charge in [-0.3, -0.25) is 10.1 Å². The second-order valence-corrected chi connectivity index (χ2v) is 7.69. The van der Waals surface area contributed by atoms with Gasteiger partial charge in [-0.2, -0.15) is 0 Å². The van der Waals surface area contributed by atoms with Gasteiger partial charge in [0.05, 0.1) is 10.9 Å². The number of para-hydroxylation sites is 1. The van der Waals surface area contributed by atoms with Gasteiger partial charge >= 0.3 is 12.1 Å². The predicted molar refractivity (Wildman–Crippen MR) is 104 cm³/mol. The fourth-order valence-electron chi connectivity index (χ4n) is 2.23. The molecule has 2 rings (SSSR count). The number of rotatable bonds is 5. The monoisotopic (exact) mass is 437 g/mol. The maximum atomic E-state index is 13.9. The molecule has 0 unspecified atom stereocenters. The number of halogens is 2. The van der Waals surface area contributed by atoms with E-state index in [2.05, 4.69) is 21.2 Å². The lowest BCUT2D eigenvalue weighted by Crippen LogP contribution is -2.27. The highest BCUT2D eigenvalue weighted by atomic mass is 79.9. The molecule has 7 heteroatoms. The minimum Gasteiger partial charge on any atom is -0.460 e. The predicted octanol–water partition coefficient (Wildman–Crippen LogP) is 5.22. The van der Waals surface area contributed by atoms with Gasteiger partial charge in [0.25, 0.3) is 0 Å². The molecule has 144 valence electrons. The van der Waals surface area contributed by atoms with Crippen LogP contribution in [0.25, 0.3) is 0 Å². The number of amides is 1. The third-order valence-corrected chi connectivity index (χ3v) is 4.02. The van der Waals surface area contributed by atoms with E-state index in [1.54, 1.807) is 63.2 Å². The number of ether oxygens (including phenoxy) is 2. The first-order valence-electron chi connectivity index (χ1n) is 8.32. The Balaban J connectivity index is 1.99. The Morgan fingerprint density at radius 3 is 2.44 bits per heavy atom. The van der Waals surface area contributed by atoms with Crippen molar-refractivity contribution in [2.45, 2.75) is 39.4 Å². The van der Waals surface area contributed by atoms with Crippen LogP contribution in [0.1, 0.15) is 31.9 Å². The van der Waals surface area contributed by atoms with Crippen LogP contribution in [0.2, 0.25) is 0 Å². The lowest BCUT2D eigenvalue weighted by atomic mass is 10.1. The molecule has 5 nitrogen and oxygen atoms in total. The van der Waals surface area contributed by atoms with Crippen LogP contribution < -0.4 is 5.32 Å². The molecule has 0 aliphatic carbocycles. The average Bonchev–Trinajstić information content (AvgIpc) is 2.56. The number of carbonyl (C=O) groups is 2. The van der Waals surface area contributed by atoms with Gasteiger partial charge in [0.1, 0.15) is 18.0 Å². The van der Waals surface area contributed by atoms with Gasteiger partial charge in [0.15, 0.2) is 0 Å². The first-order valence-corrected chi connectivity index (χ1v) is 9.11. The van der Waals surface area contributed by atoms with Crippen LogP contribution in [0.15, 0.2) is 46.9 Å². The van der Waals surface area contributed by atoms with Gasteiger partial charge in [-0.05, 0) is 54.4 Å². The zero-order valence-electron chi connectivity index (χ0n) is 15.3. The Labute approximate surface area is 166 Å². The molecular formula is C20H21BrFNO4. The lowest BCUT2D eigenvalue weighted by molar-refractivity contribution is -0.144. The van der Waals surface area contributed by atoms with Gasteiger partial charge in [0, 0.05) is 11.3 Å². The number of hydrogen-bond donors (Lipinski definition) is 1. The van der Waals surface area contributed by atoms with Crippen molar-refractivity contribution >= 4 is 33.7 Å². The fraction of sp³-hybridized carbons (Fsp3) is 0.300. The summed E-state index contributed by atoms with van der Waals surface area (Å²) in [6.07, 6.45) is -0.679. The summed E-state index contributed by atoms with van der Waals surface area (Å²) in [5, 5.41) is 2.63. The van der Waals surface area contributed by atoms with Crippen LogP contribution in [-0.2, 0) is 27.3 Å². The molecule has 1 N–H and O–H groups in total. The molecule has 0 aliphatic heterocycles. The Hall–Kier alpha value is -2.41. The molecular weight excluding hydrogens is 417 g/mol. The molecule has 0 spiro atoms. The third-order valence-electron chi connectivity index (χ3n) is 3.41. The van der Waals surface area contributed by atoms with Crippen LogP contribution in [-0.4, -0.2) is 17.7 Å². The highest BCUT2D eigenvalue weighted by molar-refractivity contribution is 9.10. The molecule has 0 radical (unpaired) electrons. The standard InChI is InChI=1S/C20H21BrFNO4/c1-20(2,3)27-19(25)23-16-10-5-4-7-13(16)11-17(24)26-12-14-8-6-9-15(21)18(14)22/h4-10H,11-12H2,1-3H3,(H,23,25). The first kappa shape index (κ1) is 20.9. The summed E-state index contributed by atoms with van der Waals surface area (Å²) in [5.41, 5.74) is 0.671. The van der Waals surface area contributed by atoms with Gasteiger partial charge in [0.2, 0.25) is 0 Å². The van der Waals surface area contributed by atoms with Crippen molar-refractivity contribution in [3.05, 3.63) is 63.9 Å². The van der Waals surface area contributed by atoms with Crippen LogP contribution >= 0.6 is 15.9 Å². The van der Waals surface area contributed by atoms with E-state index in [4.69, 9.17) is 9.47 Å². The molecule has 2 aromatic rings. The number of carbonyl (C=O) groups excluding carboxylic acids is 2. The highest BCUT2D eigenvalue weighted by Gasteiger charge is 2.18. The van der Waals surface area contributed by atoms with E-state index in [1.807, 2.05) is 0 Å². The number of nitrogens with one attached hydrogen (secondary N) is 1. The number of hydrogen-bond acceptors (Lipinski definition) is 4. The SMILES string of the molecule is CC(C)(C)OC(=O)Nc1ccccc1CC(=O)OCc1cccc(Br)c1F. The van der Waals surface area contributed by atoms with Crippen LogP contribution in [0.4, 0.5) is 14.9 Å². The van der Waals surface area contributed by atoms with Crippen molar-refractivity contribution in [1.29, 1.82) is 0 Å². The topological polar surface area (TPSA) is 64.6 Å². The summed E-state index contributed by atoms with van der Waals surface area (Å²) >= 11 is 3.09. The van der Waals surface area contributed by atoms with Crippen molar-refractivity contribution in [3.63, 3.8) is 0 Å². The lowest BCUT2D eigenvalue weighted by Gasteiger charge is -2.20. The van der Waals surface area contributed by atoms with Crippen LogP contribution in [0.3, 0.4) is 0 Å². The minimum atomic E-state index is -0.633. The van der Waals surface area contributed by atoms with E-state index < -0.39 is 23.5 Å². The smallest absolute Gasteiger partial charge is 0.412 e. The molecule has 0 aromatic heterocycles. The number of benzene rings is 2. The Morgan fingerprint density at radius 1 is 1.07 bits per heavy atom. The normalized spacial score (nSPS) is 11.0. The summed E-state index contributed by atoms with van der Waals surface area (Å²) in [5.74, 6) is -0.995. The molecule has 2 aromatic carbocycles. The number of esters is 1. The Morgan fingerprint density at radius 2 is 1.74 bits per heavy atom. The zero-order chi connectivity index (χ0) is 20.0.